The quantitative estimate of drug-likeness (QED) is 0.774. The van der Waals surface area contributed by atoms with Gasteiger partial charge in [-0.2, -0.15) is 0 Å². The van der Waals surface area contributed by atoms with E-state index in [-0.39, 0.29) is 5.91 Å². The first-order valence-corrected chi connectivity index (χ1v) is 8.07. The molecule has 1 aliphatic heterocycles. The molecule has 1 saturated heterocycles. The molecule has 1 aliphatic carbocycles. The van der Waals surface area contributed by atoms with E-state index in [0.717, 1.165) is 19.4 Å². The summed E-state index contributed by atoms with van der Waals surface area (Å²) >= 11 is 5.90. The fourth-order valence-electron chi connectivity index (χ4n) is 3.73. The first-order valence-electron chi connectivity index (χ1n) is 7.69. The minimum absolute atomic E-state index is 0.0561. The molecule has 20 heavy (non-hydrogen) atoms. The molecule has 2 heterocycles. The average Bonchev–Trinajstić information content (AvgIpc) is 2.97. The number of rotatable bonds is 2. The van der Waals surface area contributed by atoms with Crippen LogP contribution in [-0.4, -0.2) is 28.4 Å². The summed E-state index contributed by atoms with van der Waals surface area (Å²) in [5.74, 6) is 0.745. The van der Waals surface area contributed by atoms with E-state index in [2.05, 4.69) is 9.88 Å². The topological polar surface area (TPSA) is 33.2 Å². The SMILES string of the molecule is O=C(c1cccc(Cl)n1)N1CCCC1C1CCCCC1. The van der Waals surface area contributed by atoms with Crippen LogP contribution in [-0.2, 0) is 0 Å². The molecule has 0 spiro atoms. The number of nitrogens with zero attached hydrogens (tertiary/aromatic N) is 2. The van der Waals surface area contributed by atoms with Crippen LogP contribution in [0.5, 0.6) is 0 Å². The van der Waals surface area contributed by atoms with Crippen LogP contribution in [0.15, 0.2) is 18.2 Å². The lowest BCUT2D eigenvalue weighted by molar-refractivity contribution is 0.0655. The minimum Gasteiger partial charge on any atom is -0.334 e. The van der Waals surface area contributed by atoms with Gasteiger partial charge in [0.15, 0.2) is 0 Å². The van der Waals surface area contributed by atoms with Crippen LogP contribution >= 0.6 is 11.6 Å². The fourth-order valence-corrected chi connectivity index (χ4v) is 3.89. The summed E-state index contributed by atoms with van der Waals surface area (Å²) in [5.41, 5.74) is 0.486. The lowest BCUT2D eigenvalue weighted by Gasteiger charge is -2.34. The van der Waals surface area contributed by atoms with Gasteiger partial charge in [-0.05, 0) is 43.7 Å². The Morgan fingerprint density at radius 2 is 1.95 bits per heavy atom. The van der Waals surface area contributed by atoms with E-state index in [0.29, 0.717) is 22.8 Å². The van der Waals surface area contributed by atoms with Crippen LogP contribution in [0.25, 0.3) is 0 Å². The zero-order valence-corrected chi connectivity index (χ0v) is 12.5. The molecule has 1 unspecified atom stereocenters. The predicted molar refractivity (Wildman–Crippen MR) is 79.9 cm³/mol. The summed E-state index contributed by atoms with van der Waals surface area (Å²) in [7, 11) is 0. The van der Waals surface area contributed by atoms with E-state index in [9.17, 15) is 4.79 Å². The molecule has 4 heteroatoms. The third-order valence-electron chi connectivity index (χ3n) is 4.69. The van der Waals surface area contributed by atoms with Crippen LogP contribution < -0.4 is 0 Å². The zero-order chi connectivity index (χ0) is 13.9. The van der Waals surface area contributed by atoms with Crippen LogP contribution in [0.3, 0.4) is 0 Å². The van der Waals surface area contributed by atoms with E-state index in [1.54, 1.807) is 18.2 Å². The van der Waals surface area contributed by atoms with Crippen molar-refractivity contribution in [2.75, 3.05) is 6.54 Å². The summed E-state index contributed by atoms with van der Waals surface area (Å²) in [6.45, 7) is 0.869. The number of halogens is 1. The van der Waals surface area contributed by atoms with E-state index in [4.69, 9.17) is 11.6 Å². The largest absolute Gasteiger partial charge is 0.334 e. The summed E-state index contributed by atoms with van der Waals surface area (Å²) in [4.78, 5) is 18.9. The maximum atomic E-state index is 12.7. The average molecular weight is 293 g/mol. The molecule has 108 valence electrons. The van der Waals surface area contributed by atoms with Gasteiger partial charge in [-0.3, -0.25) is 4.79 Å². The van der Waals surface area contributed by atoms with Crippen molar-refractivity contribution < 1.29 is 4.79 Å². The molecule has 0 N–H and O–H groups in total. The summed E-state index contributed by atoms with van der Waals surface area (Å²) in [6.07, 6.45) is 8.81. The second kappa shape index (κ2) is 6.13. The second-order valence-electron chi connectivity index (χ2n) is 5.95. The number of pyridine rings is 1. The second-order valence-corrected chi connectivity index (χ2v) is 6.34. The Bertz CT molecular complexity index is 485. The molecule has 0 radical (unpaired) electrons. The number of carbonyl (C=O) groups excluding carboxylic acids is 1. The highest BCUT2D eigenvalue weighted by Crippen LogP contribution is 2.34. The molecule has 1 atom stereocenters. The van der Waals surface area contributed by atoms with Gasteiger partial charge in [0.05, 0.1) is 0 Å². The van der Waals surface area contributed by atoms with Crippen LogP contribution in [0, 0.1) is 5.92 Å². The molecule has 1 saturated carbocycles. The van der Waals surface area contributed by atoms with Crippen molar-refractivity contribution in [3.05, 3.63) is 29.0 Å². The van der Waals surface area contributed by atoms with E-state index in [1.165, 1.54) is 32.1 Å². The van der Waals surface area contributed by atoms with Crippen molar-refractivity contribution in [2.24, 2.45) is 5.92 Å². The predicted octanol–water partition coefficient (Wildman–Crippen LogP) is 3.92. The van der Waals surface area contributed by atoms with E-state index in [1.807, 2.05) is 0 Å². The number of carbonyl (C=O) groups is 1. The Hall–Kier alpha value is -1.09. The van der Waals surface area contributed by atoms with Crippen molar-refractivity contribution in [3.8, 4) is 0 Å². The third-order valence-corrected chi connectivity index (χ3v) is 4.90. The Balaban J connectivity index is 1.76. The molecular weight excluding hydrogens is 272 g/mol. The lowest BCUT2D eigenvalue weighted by Crippen LogP contribution is -2.41. The molecule has 3 rings (SSSR count). The van der Waals surface area contributed by atoms with Crippen molar-refractivity contribution in [3.63, 3.8) is 0 Å². The smallest absolute Gasteiger partial charge is 0.272 e. The number of likely N-dealkylation sites (tertiary alicyclic amines) is 1. The first-order chi connectivity index (χ1) is 9.75. The van der Waals surface area contributed by atoms with Gasteiger partial charge in [-0.1, -0.05) is 36.9 Å². The molecule has 2 aliphatic rings. The Kier molecular flexibility index (Phi) is 4.25. The van der Waals surface area contributed by atoms with Gasteiger partial charge < -0.3 is 4.90 Å². The van der Waals surface area contributed by atoms with Gasteiger partial charge in [0.1, 0.15) is 10.8 Å². The van der Waals surface area contributed by atoms with Crippen LogP contribution in [0.4, 0.5) is 0 Å². The van der Waals surface area contributed by atoms with E-state index < -0.39 is 0 Å². The highest BCUT2D eigenvalue weighted by molar-refractivity contribution is 6.29. The minimum atomic E-state index is 0.0561. The third kappa shape index (κ3) is 2.83. The van der Waals surface area contributed by atoms with E-state index >= 15 is 0 Å². The number of hydrogen-bond acceptors (Lipinski definition) is 2. The summed E-state index contributed by atoms with van der Waals surface area (Å²) in [6, 6.07) is 5.70. The Labute approximate surface area is 125 Å². The molecule has 0 bridgehead atoms. The lowest BCUT2D eigenvalue weighted by atomic mass is 9.83. The summed E-state index contributed by atoms with van der Waals surface area (Å²) < 4.78 is 0. The van der Waals surface area contributed by atoms with Gasteiger partial charge in [0.25, 0.3) is 5.91 Å². The monoisotopic (exact) mass is 292 g/mol. The number of hydrogen-bond donors (Lipinski definition) is 0. The zero-order valence-electron chi connectivity index (χ0n) is 11.7. The molecule has 2 fully saturated rings. The maximum Gasteiger partial charge on any atom is 0.272 e. The fraction of sp³-hybridized carbons (Fsp3) is 0.625. The van der Waals surface area contributed by atoms with Crippen molar-refractivity contribution in [1.29, 1.82) is 0 Å². The highest BCUT2D eigenvalue weighted by Gasteiger charge is 2.35. The molecule has 3 nitrogen and oxygen atoms in total. The highest BCUT2D eigenvalue weighted by atomic mass is 35.5. The van der Waals surface area contributed by atoms with Gasteiger partial charge in [0, 0.05) is 12.6 Å². The van der Waals surface area contributed by atoms with Gasteiger partial charge in [0.2, 0.25) is 0 Å². The maximum absolute atomic E-state index is 12.7. The summed E-state index contributed by atoms with van der Waals surface area (Å²) in [5, 5.41) is 0.393. The van der Waals surface area contributed by atoms with Gasteiger partial charge >= 0.3 is 0 Å². The van der Waals surface area contributed by atoms with Crippen LogP contribution in [0.1, 0.15) is 55.4 Å². The number of aromatic nitrogens is 1. The van der Waals surface area contributed by atoms with Crippen LogP contribution in [0.2, 0.25) is 5.15 Å². The molecule has 1 aromatic heterocycles. The molecular formula is C16H21ClN2O. The molecule has 0 aromatic carbocycles. The molecule has 1 amide bonds. The normalized spacial score (nSPS) is 24.1. The molecule has 1 aromatic rings. The Morgan fingerprint density at radius 3 is 2.70 bits per heavy atom. The van der Waals surface area contributed by atoms with Crippen molar-refractivity contribution in [2.45, 2.75) is 51.0 Å². The van der Waals surface area contributed by atoms with Gasteiger partial charge in [-0.15, -0.1) is 0 Å². The number of amides is 1. The standard InChI is InChI=1S/C16H21ClN2O/c17-15-10-4-8-13(18-15)16(20)19-11-5-9-14(19)12-6-2-1-3-7-12/h4,8,10,12,14H,1-3,5-7,9,11H2. The van der Waals surface area contributed by atoms with Crippen molar-refractivity contribution >= 4 is 17.5 Å². The Morgan fingerprint density at radius 1 is 1.15 bits per heavy atom. The van der Waals surface area contributed by atoms with Crippen molar-refractivity contribution in [1.82, 2.24) is 9.88 Å². The first kappa shape index (κ1) is 13.9. The van der Waals surface area contributed by atoms with Gasteiger partial charge in [-0.25, -0.2) is 4.98 Å².